The standard InChI is InChI=1S/C20H21F4N3O3/c21-16-5-1-3-14(9-16)11-18(28)25-7-8-26-19(29)27-12-15-4-2-6-17(10-15)30-13-20(22,23)24/h1-6,9-10H,7-8,11-13H2,(H,25,28)(H2,26,27,29). The third kappa shape index (κ3) is 9.26. The van der Waals surface area contributed by atoms with Crippen molar-refractivity contribution in [2.45, 2.75) is 19.1 Å². The Bertz CT molecular complexity index is 859. The van der Waals surface area contributed by atoms with E-state index >= 15 is 0 Å². The SMILES string of the molecule is O=C(Cc1cccc(F)c1)NCCNC(=O)NCc1cccc(OCC(F)(F)F)c1. The van der Waals surface area contributed by atoms with Crippen LogP contribution in [0.15, 0.2) is 48.5 Å². The Labute approximate surface area is 170 Å². The zero-order chi connectivity index (χ0) is 22.0. The van der Waals surface area contributed by atoms with Gasteiger partial charge in [0, 0.05) is 19.6 Å². The average molecular weight is 427 g/mol. The minimum Gasteiger partial charge on any atom is -0.484 e. The highest BCUT2D eigenvalue weighted by Crippen LogP contribution is 2.19. The molecule has 0 saturated heterocycles. The van der Waals surface area contributed by atoms with Crippen LogP contribution in [0.1, 0.15) is 11.1 Å². The lowest BCUT2D eigenvalue weighted by molar-refractivity contribution is -0.153. The van der Waals surface area contributed by atoms with E-state index in [4.69, 9.17) is 0 Å². The second-order valence-corrected chi connectivity index (χ2v) is 6.32. The summed E-state index contributed by atoms with van der Waals surface area (Å²) in [7, 11) is 0. The van der Waals surface area contributed by atoms with E-state index in [0.29, 0.717) is 11.1 Å². The molecule has 30 heavy (non-hydrogen) atoms. The fourth-order valence-corrected chi connectivity index (χ4v) is 2.43. The third-order valence-electron chi connectivity index (χ3n) is 3.74. The fourth-order valence-electron chi connectivity index (χ4n) is 2.43. The molecule has 0 unspecified atom stereocenters. The maximum absolute atomic E-state index is 13.1. The van der Waals surface area contributed by atoms with Crippen molar-refractivity contribution in [3.05, 3.63) is 65.5 Å². The minimum atomic E-state index is -4.43. The number of urea groups is 1. The number of hydrogen-bond donors (Lipinski definition) is 3. The van der Waals surface area contributed by atoms with Gasteiger partial charge in [0.25, 0.3) is 0 Å². The fraction of sp³-hybridized carbons (Fsp3) is 0.300. The summed E-state index contributed by atoms with van der Waals surface area (Å²) in [5.74, 6) is -0.678. The number of hydrogen-bond acceptors (Lipinski definition) is 3. The predicted octanol–water partition coefficient (Wildman–Crippen LogP) is 2.92. The highest BCUT2D eigenvalue weighted by Gasteiger charge is 2.28. The molecule has 0 heterocycles. The Kier molecular flexibility index (Phi) is 8.45. The van der Waals surface area contributed by atoms with Gasteiger partial charge in [-0.3, -0.25) is 4.79 Å². The van der Waals surface area contributed by atoms with Gasteiger partial charge in [0.1, 0.15) is 11.6 Å². The van der Waals surface area contributed by atoms with E-state index in [1.807, 2.05) is 0 Å². The van der Waals surface area contributed by atoms with E-state index in [9.17, 15) is 27.2 Å². The summed E-state index contributed by atoms with van der Waals surface area (Å²) in [6, 6.07) is 11.2. The van der Waals surface area contributed by atoms with Crippen LogP contribution in [0, 0.1) is 5.82 Å². The van der Waals surface area contributed by atoms with Crippen LogP contribution >= 0.6 is 0 Å². The van der Waals surface area contributed by atoms with Gasteiger partial charge >= 0.3 is 12.2 Å². The number of nitrogens with one attached hydrogen (secondary N) is 3. The quantitative estimate of drug-likeness (QED) is 0.425. The molecule has 0 fully saturated rings. The first-order valence-electron chi connectivity index (χ1n) is 9.02. The molecule has 6 nitrogen and oxygen atoms in total. The molecule has 162 valence electrons. The maximum Gasteiger partial charge on any atom is 0.422 e. The molecule has 0 bridgehead atoms. The summed E-state index contributed by atoms with van der Waals surface area (Å²) in [6.45, 7) is -0.964. The molecule has 3 amide bonds. The molecule has 0 saturated carbocycles. The summed E-state index contributed by atoms with van der Waals surface area (Å²) in [5, 5.41) is 7.69. The number of carbonyl (C=O) groups is 2. The number of alkyl halides is 3. The molecular weight excluding hydrogens is 406 g/mol. The number of benzene rings is 2. The molecule has 0 aliphatic rings. The second kappa shape index (κ2) is 11.0. The van der Waals surface area contributed by atoms with Crippen LogP contribution in [0.3, 0.4) is 0 Å². The molecule has 3 N–H and O–H groups in total. The van der Waals surface area contributed by atoms with Crippen molar-refractivity contribution in [3.63, 3.8) is 0 Å². The van der Waals surface area contributed by atoms with Gasteiger partial charge in [-0.2, -0.15) is 13.2 Å². The molecule has 0 aromatic heterocycles. The first kappa shape index (κ1) is 23.0. The van der Waals surface area contributed by atoms with Crippen LogP contribution in [0.4, 0.5) is 22.4 Å². The van der Waals surface area contributed by atoms with Crippen LogP contribution in [-0.4, -0.2) is 37.8 Å². The van der Waals surface area contributed by atoms with E-state index in [1.54, 1.807) is 12.1 Å². The summed E-state index contributed by atoms with van der Waals surface area (Å²) in [6.07, 6.45) is -4.41. The smallest absolute Gasteiger partial charge is 0.422 e. The van der Waals surface area contributed by atoms with Crippen molar-refractivity contribution < 1.29 is 31.9 Å². The summed E-state index contributed by atoms with van der Waals surface area (Å²) >= 11 is 0. The number of amides is 3. The molecule has 10 heteroatoms. The predicted molar refractivity (Wildman–Crippen MR) is 101 cm³/mol. The van der Waals surface area contributed by atoms with E-state index in [-0.39, 0.29) is 37.7 Å². The first-order valence-corrected chi connectivity index (χ1v) is 9.02. The monoisotopic (exact) mass is 427 g/mol. The van der Waals surface area contributed by atoms with Gasteiger partial charge in [-0.25, -0.2) is 9.18 Å². The van der Waals surface area contributed by atoms with Crippen molar-refractivity contribution in [1.82, 2.24) is 16.0 Å². The number of ether oxygens (including phenoxy) is 1. The first-order chi connectivity index (χ1) is 14.2. The van der Waals surface area contributed by atoms with Gasteiger partial charge in [0.15, 0.2) is 6.61 Å². The average Bonchev–Trinajstić information content (AvgIpc) is 2.68. The molecule has 2 aromatic carbocycles. The maximum atomic E-state index is 13.1. The van der Waals surface area contributed by atoms with Crippen LogP contribution in [0.5, 0.6) is 5.75 Å². The third-order valence-corrected chi connectivity index (χ3v) is 3.74. The van der Waals surface area contributed by atoms with Crippen molar-refractivity contribution in [3.8, 4) is 5.75 Å². The molecule has 0 atom stereocenters. The summed E-state index contributed by atoms with van der Waals surface area (Å²) in [4.78, 5) is 23.6. The Balaban J connectivity index is 1.63. The molecule has 2 aromatic rings. The van der Waals surface area contributed by atoms with Gasteiger partial charge in [-0.05, 0) is 35.4 Å². The Morgan fingerprint density at radius 3 is 2.33 bits per heavy atom. The van der Waals surface area contributed by atoms with E-state index in [2.05, 4.69) is 20.7 Å². The zero-order valence-corrected chi connectivity index (χ0v) is 15.9. The Morgan fingerprint density at radius 1 is 0.900 bits per heavy atom. The number of rotatable bonds is 9. The highest BCUT2D eigenvalue weighted by molar-refractivity contribution is 5.78. The molecule has 0 spiro atoms. The molecule has 2 rings (SSSR count). The number of halogens is 4. The van der Waals surface area contributed by atoms with Crippen molar-refractivity contribution in [2.24, 2.45) is 0 Å². The topological polar surface area (TPSA) is 79.5 Å². The van der Waals surface area contributed by atoms with Crippen LogP contribution in [-0.2, 0) is 17.8 Å². The van der Waals surface area contributed by atoms with Gasteiger partial charge in [-0.15, -0.1) is 0 Å². The van der Waals surface area contributed by atoms with E-state index in [1.165, 1.54) is 36.4 Å². The minimum absolute atomic E-state index is 0.0245. The molecule has 0 radical (unpaired) electrons. The number of carbonyl (C=O) groups excluding carboxylic acids is 2. The lowest BCUT2D eigenvalue weighted by Gasteiger charge is -2.11. The molecular formula is C20H21F4N3O3. The summed E-state index contributed by atoms with van der Waals surface area (Å²) in [5.41, 5.74) is 1.10. The van der Waals surface area contributed by atoms with E-state index < -0.39 is 24.6 Å². The summed E-state index contributed by atoms with van der Waals surface area (Å²) < 4.78 is 54.3. The Hall–Kier alpha value is -3.30. The van der Waals surface area contributed by atoms with Crippen LogP contribution in [0.25, 0.3) is 0 Å². The van der Waals surface area contributed by atoms with Gasteiger partial charge in [0.05, 0.1) is 6.42 Å². The second-order valence-electron chi connectivity index (χ2n) is 6.32. The molecule has 0 aliphatic carbocycles. The van der Waals surface area contributed by atoms with Gasteiger partial charge in [0.2, 0.25) is 5.91 Å². The van der Waals surface area contributed by atoms with Gasteiger partial charge in [-0.1, -0.05) is 24.3 Å². The van der Waals surface area contributed by atoms with Crippen molar-refractivity contribution in [2.75, 3.05) is 19.7 Å². The Morgan fingerprint density at radius 2 is 1.60 bits per heavy atom. The van der Waals surface area contributed by atoms with Crippen LogP contribution in [0.2, 0.25) is 0 Å². The molecule has 0 aliphatic heterocycles. The lowest BCUT2D eigenvalue weighted by Crippen LogP contribution is -2.40. The van der Waals surface area contributed by atoms with Crippen molar-refractivity contribution >= 4 is 11.9 Å². The highest BCUT2D eigenvalue weighted by atomic mass is 19.4. The van der Waals surface area contributed by atoms with Gasteiger partial charge < -0.3 is 20.7 Å². The lowest BCUT2D eigenvalue weighted by atomic mass is 10.1. The largest absolute Gasteiger partial charge is 0.484 e. The van der Waals surface area contributed by atoms with Crippen LogP contribution < -0.4 is 20.7 Å². The zero-order valence-electron chi connectivity index (χ0n) is 15.9. The van der Waals surface area contributed by atoms with E-state index in [0.717, 1.165) is 0 Å². The normalized spacial score (nSPS) is 10.9. The van der Waals surface area contributed by atoms with Crippen molar-refractivity contribution in [1.29, 1.82) is 0 Å².